The molecule has 3 heteroatoms. The summed E-state index contributed by atoms with van der Waals surface area (Å²) in [5, 5.41) is 0. The third kappa shape index (κ3) is 4.25. The molecule has 27 heavy (non-hydrogen) atoms. The van der Waals surface area contributed by atoms with E-state index in [-0.39, 0.29) is 11.9 Å². The molecule has 136 valence electrons. The van der Waals surface area contributed by atoms with E-state index in [0.29, 0.717) is 6.42 Å². The Balaban J connectivity index is 1.50. The van der Waals surface area contributed by atoms with E-state index in [9.17, 15) is 4.79 Å². The molecule has 1 saturated heterocycles. The van der Waals surface area contributed by atoms with Crippen molar-refractivity contribution >= 4 is 5.91 Å². The number of hydrogen-bond acceptors (Lipinski definition) is 2. The fraction of sp³-hybridized carbons (Fsp3) is 0.250. The van der Waals surface area contributed by atoms with Gasteiger partial charge in [-0.1, -0.05) is 66.7 Å². The van der Waals surface area contributed by atoms with Crippen LogP contribution < -0.4 is 0 Å². The van der Waals surface area contributed by atoms with Gasteiger partial charge in [-0.25, -0.2) is 0 Å². The lowest BCUT2D eigenvalue weighted by molar-refractivity contribution is -0.131. The van der Waals surface area contributed by atoms with Crippen molar-refractivity contribution in [1.29, 1.82) is 0 Å². The van der Waals surface area contributed by atoms with Gasteiger partial charge in [0.05, 0.1) is 18.2 Å². The van der Waals surface area contributed by atoms with Gasteiger partial charge in [0.1, 0.15) is 0 Å². The standard InChI is InChI=1S/C24H24N2O/c27-24(18-20-11-5-2-6-12-20)26-16-8-15-23(26)22-14-7-13-21(25-22)17-19-9-3-1-4-10-19/h1-7,9-14,23H,8,15-18H2. The van der Waals surface area contributed by atoms with Gasteiger partial charge >= 0.3 is 0 Å². The molecule has 1 aliphatic rings. The fourth-order valence-electron chi connectivity index (χ4n) is 3.83. The Kier molecular flexibility index (Phi) is 5.29. The molecule has 3 aromatic rings. The highest BCUT2D eigenvalue weighted by atomic mass is 16.2. The molecule has 0 N–H and O–H groups in total. The molecule has 2 heterocycles. The zero-order valence-corrected chi connectivity index (χ0v) is 15.4. The van der Waals surface area contributed by atoms with Gasteiger partial charge < -0.3 is 4.90 Å². The molecule has 1 fully saturated rings. The van der Waals surface area contributed by atoms with E-state index in [2.05, 4.69) is 42.5 Å². The molecular formula is C24H24N2O. The van der Waals surface area contributed by atoms with Crippen LogP contribution in [0.2, 0.25) is 0 Å². The van der Waals surface area contributed by atoms with Crippen LogP contribution in [0.15, 0.2) is 78.9 Å². The van der Waals surface area contributed by atoms with Crippen molar-refractivity contribution in [3.05, 3.63) is 101 Å². The second-order valence-electron chi connectivity index (χ2n) is 7.12. The predicted octanol–water partition coefficient (Wildman–Crippen LogP) is 4.58. The van der Waals surface area contributed by atoms with Gasteiger partial charge in [-0.05, 0) is 36.1 Å². The Morgan fingerprint density at radius 3 is 2.33 bits per heavy atom. The molecule has 3 nitrogen and oxygen atoms in total. The van der Waals surface area contributed by atoms with E-state index in [0.717, 1.165) is 42.8 Å². The van der Waals surface area contributed by atoms with Crippen molar-refractivity contribution in [1.82, 2.24) is 9.88 Å². The number of carbonyl (C=O) groups is 1. The van der Waals surface area contributed by atoms with Crippen LogP contribution in [-0.2, 0) is 17.6 Å². The quantitative estimate of drug-likeness (QED) is 0.670. The second kappa shape index (κ2) is 8.17. The summed E-state index contributed by atoms with van der Waals surface area (Å²) in [6.45, 7) is 0.820. The fourth-order valence-corrected chi connectivity index (χ4v) is 3.83. The smallest absolute Gasteiger partial charge is 0.227 e. The first kappa shape index (κ1) is 17.5. The first-order valence-electron chi connectivity index (χ1n) is 9.63. The average Bonchev–Trinajstić information content (AvgIpc) is 3.20. The van der Waals surface area contributed by atoms with Crippen molar-refractivity contribution in [2.24, 2.45) is 0 Å². The van der Waals surface area contributed by atoms with Crippen LogP contribution >= 0.6 is 0 Å². The molecule has 1 unspecified atom stereocenters. The lowest BCUT2D eigenvalue weighted by Gasteiger charge is -2.25. The summed E-state index contributed by atoms with van der Waals surface area (Å²) in [5.41, 5.74) is 4.40. The van der Waals surface area contributed by atoms with Crippen molar-refractivity contribution in [3.63, 3.8) is 0 Å². The highest BCUT2D eigenvalue weighted by Gasteiger charge is 2.30. The van der Waals surface area contributed by atoms with E-state index in [1.54, 1.807) is 0 Å². The van der Waals surface area contributed by atoms with E-state index in [1.165, 1.54) is 5.56 Å². The van der Waals surface area contributed by atoms with Crippen molar-refractivity contribution in [2.75, 3.05) is 6.54 Å². The molecule has 1 aromatic heterocycles. The summed E-state index contributed by atoms with van der Waals surface area (Å²) in [6, 6.07) is 26.7. The van der Waals surface area contributed by atoms with Crippen LogP contribution in [0.5, 0.6) is 0 Å². The Morgan fingerprint density at radius 1 is 0.889 bits per heavy atom. The topological polar surface area (TPSA) is 33.2 Å². The molecule has 0 bridgehead atoms. The summed E-state index contributed by atoms with van der Waals surface area (Å²) in [4.78, 5) is 19.8. The minimum Gasteiger partial charge on any atom is -0.334 e. The van der Waals surface area contributed by atoms with Crippen molar-refractivity contribution in [2.45, 2.75) is 31.7 Å². The minimum atomic E-state index is 0.0944. The van der Waals surface area contributed by atoms with Gasteiger partial charge in [0.2, 0.25) is 5.91 Å². The van der Waals surface area contributed by atoms with Crippen LogP contribution in [0.25, 0.3) is 0 Å². The number of aromatic nitrogens is 1. The predicted molar refractivity (Wildman–Crippen MR) is 107 cm³/mol. The maximum absolute atomic E-state index is 12.9. The summed E-state index contributed by atoms with van der Waals surface area (Å²) < 4.78 is 0. The number of amides is 1. The van der Waals surface area contributed by atoms with Gasteiger partial charge in [-0.3, -0.25) is 9.78 Å². The van der Waals surface area contributed by atoms with Crippen LogP contribution in [-0.4, -0.2) is 22.3 Å². The third-order valence-corrected chi connectivity index (χ3v) is 5.17. The lowest BCUT2D eigenvalue weighted by atomic mass is 10.1. The molecule has 0 radical (unpaired) electrons. The number of benzene rings is 2. The monoisotopic (exact) mass is 356 g/mol. The van der Waals surface area contributed by atoms with Crippen LogP contribution in [0.4, 0.5) is 0 Å². The highest BCUT2D eigenvalue weighted by Crippen LogP contribution is 2.31. The summed E-state index contributed by atoms with van der Waals surface area (Å²) >= 11 is 0. The Bertz CT molecular complexity index is 893. The van der Waals surface area contributed by atoms with Crippen LogP contribution in [0.3, 0.4) is 0 Å². The molecule has 2 aromatic carbocycles. The zero-order chi connectivity index (χ0) is 18.5. The van der Waals surface area contributed by atoms with Crippen molar-refractivity contribution in [3.8, 4) is 0 Å². The minimum absolute atomic E-state index is 0.0944. The Hall–Kier alpha value is -2.94. The van der Waals surface area contributed by atoms with Gasteiger partial charge in [-0.15, -0.1) is 0 Å². The Labute approximate surface area is 160 Å². The number of pyridine rings is 1. The maximum Gasteiger partial charge on any atom is 0.227 e. The first-order valence-corrected chi connectivity index (χ1v) is 9.63. The molecule has 1 aliphatic heterocycles. The SMILES string of the molecule is O=C(Cc1ccccc1)N1CCCC1c1cccc(Cc2ccccc2)n1. The van der Waals surface area contributed by atoms with Gasteiger partial charge in [-0.2, -0.15) is 0 Å². The van der Waals surface area contributed by atoms with E-state index < -0.39 is 0 Å². The van der Waals surface area contributed by atoms with E-state index >= 15 is 0 Å². The number of carbonyl (C=O) groups excluding carboxylic acids is 1. The number of likely N-dealkylation sites (tertiary alicyclic amines) is 1. The van der Waals surface area contributed by atoms with Gasteiger partial charge in [0.15, 0.2) is 0 Å². The van der Waals surface area contributed by atoms with Gasteiger partial charge in [0, 0.05) is 18.7 Å². The average molecular weight is 356 g/mol. The molecular weight excluding hydrogens is 332 g/mol. The summed E-state index contributed by atoms with van der Waals surface area (Å²) in [7, 11) is 0. The molecule has 4 rings (SSSR count). The molecule has 0 aliphatic carbocycles. The van der Waals surface area contributed by atoms with E-state index in [1.807, 2.05) is 41.3 Å². The molecule has 1 atom stereocenters. The summed E-state index contributed by atoms with van der Waals surface area (Å²) in [5.74, 6) is 0.193. The lowest BCUT2D eigenvalue weighted by Crippen LogP contribution is -2.32. The number of hydrogen-bond donors (Lipinski definition) is 0. The van der Waals surface area contributed by atoms with E-state index in [4.69, 9.17) is 4.98 Å². The zero-order valence-electron chi connectivity index (χ0n) is 15.4. The normalized spacial score (nSPS) is 16.4. The largest absolute Gasteiger partial charge is 0.334 e. The molecule has 0 spiro atoms. The van der Waals surface area contributed by atoms with Gasteiger partial charge in [0.25, 0.3) is 0 Å². The molecule has 1 amide bonds. The molecule has 0 saturated carbocycles. The Morgan fingerprint density at radius 2 is 1.59 bits per heavy atom. The first-order chi connectivity index (χ1) is 13.3. The maximum atomic E-state index is 12.9. The number of nitrogens with zero attached hydrogens (tertiary/aromatic N) is 2. The second-order valence-corrected chi connectivity index (χ2v) is 7.12. The van der Waals surface area contributed by atoms with Crippen LogP contribution in [0.1, 0.15) is 41.4 Å². The highest BCUT2D eigenvalue weighted by molar-refractivity contribution is 5.79. The number of rotatable bonds is 5. The van der Waals surface area contributed by atoms with Crippen molar-refractivity contribution < 1.29 is 4.79 Å². The van der Waals surface area contributed by atoms with Crippen LogP contribution in [0, 0.1) is 0 Å². The summed E-state index contributed by atoms with van der Waals surface area (Å²) in [6.07, 6.45) is 3.30. The third-order valence-electron chi connectivity index (χ3n) is 5.17.